The standard InChI is InChI=1S/C18H19BrN8/c1-12-21-10-27(24-12)15-5-4-14(19)17(16(15)20-2)26-8-6-13(7-9-26)18-23-22-11-25(18)3/h4-5,10-11,13H,6-9H2,1,3H3. The summed E-state index contributed by atoms with van der Waals surface area (Å²) in [6.07, 6.45) is 5.35. The number of benzene rings is 1. The van der Waals surface area contributed by atoms with Crippen molar-refractivity contribution in [1.29, 1.82) is 0 Å². The Morgan fingerprint density at radius 3 is 2.59 bits per heavy atom. The van der Waals surface area contributed by atoms with Gasteiger partial charge in [-0.15, -0.1) is 10.2 Å². The monoisotopic (exact) mass is 426 g/mol. The molecule has 0 saturated carbocycles. The first-order valence-corrected chi connectivity index (χ1v) is 9.55. The van der Waals surface area contributed by atoms with Crippen molar-refractivity contribution in [3.63, 3.8) is 0 Å². The molecule has 27 heavy (non-hydrogen) atoms. The minimum absolute atomic E-state index is 0.394. The van der Waals surface area contributed by atoms with Gasteiger partial charge in [-0.05, 0) is 31.9 Å². The summed E-state index contributed by atoms with van der Waals surface area (Å²) in [7, 11) is 1.99. The van der Waals surface area contributed by atoms with E-state index in [2.05, 4.69) is 46.0 Å². The first-order valence-electron chi connectivity index (χ1n) is 8.76. The van der Waals surface area contributed by atoms with E-state index in [4.69, 9.17) is 6.57 Å². The van der Waals surface area contributed by atoms with Gasteiger partial charge in [0.25, 0.3) is 0 Å². The molecule has 0 bridgehead atoms. The van der Waals surface area contributed by atoms with Crippen LogP contribution < -0.4 is 4.90 Å². The van der Waals surface area contributed by atoms with Crippen molar-refractivity contribution in [2.24, 2.45) is 7.05 Å². The maximum Gasteiger partial charge on any atom is 0.236 e. The van der Waals surface area contributed by atoms with Crippen molar-refractivity contribution in [2.75, 3.05) is 18.0 Å². The molecule has 1 aliphatic rings. The third kappa shape index (κ3) is 3.21. The number of anilines is 1. The molecule has 138 valence electrons. The first kappa shape index (κ1) is 17.7. The van der Waals surface area contributed by atoms with Crippen molar-refractivity contribution in [3.05, 3.63) is 52.3 Å². The van der Waals surface area contributed by atoms with Crippen LogP contribution >= 0.6 is 15.9 Å². The predicted molar refractivity (Wildman–Crippen MR) is 105 cm³/mol. The molecule has 0 N–H and O–H groups in total. The van der Waals surface area contributed by atoms with E-state index >= 15 is 0 Å². The summed E-state index contributed by atoms with van der Waals surface area (Å²) in [6.45, 7) is 11.3. The van der Waals surface area contributed by atoms with E-state index in [0.29, 0.717) is 17.4 Å². The van der Waals surface area contributed by atoms with Gasteiger partial charge in [-0.2, -0.15) is 5.10 Å². The van der Waals surface area contributed by atoms with Crippen LogP contribution in [0.3, 0.4) is 0 Å². The van der Waals surface area contributed by atoms with Crippen LogP contribution in [0.5, 0.6) is 0 Å². The van der Waals surface area contributed by atoms with Crippen LogP contribution in [0.15, 0.2) is 29.3 Å². The van der Waals surface area contributed by atoms with Gasteiger partial charge >= 0.3 is 0 Å². The highest BCUT2D eigenvalue weighted by Crippen LogP contribution is 2.42. The number of hydrogen-bond donors (Lipinski definition) is 0. The number of piperidine rings is 1. The molecule has 1 aliphatic heterocycles. The number of hydrogen-bond acceptors (Lipinski definition) is 5. The average molecular weight is 427 g/mol. The summed E-state index contributed by atoms with van der Waals surface area (Å²) in [5.74, 6) is 2.11. The van der Waals surface area contributed by atoms with Crippen LogP contribution in [-0.2, 0) is 7.05 Å². The quantitative estimate of drug-likeness (QED) is 0.600. The third-order valence-corrected chi connectivity index (χ3v) is 5.61. The molecule has 3 heterocycles. The molecule has 0 aliphatic carbocycles. The van der Waals surface area contributed by atoms with Crippen molar-refractivity contribution in [3.8, 4) is 5.69 Å². The molecule has 0 atom stereocenters. The molecule has 0 unspecified atom stereocenters. The molecule has 4 rings (SSSR count). The van der Waals surface area contributed by atoms with E-state index in [0.717, 1.165) is 47.6 Å². The number of nitrogens with zero attached hydrogens (tertiary/aromatic N) is 8. The lowest BCUT2D eigenvalue weighted by molar-refractivity contribution is 0.474. The summed E-state index contributed by atoms with van der Waals surface area (Å²) in [6, 6.07) is 3.88. The van der Waals surface area contributed by atoms with E-state index < -0.39 is 0 Å². The van der Waals surface area contributed by atoms with Crippen LogP contribution in [0.2, 0.25) is 0 Å². The summed E-state index contributed by atoms with van der Waals surface area (Å²) in [5, 5.41) is 12.6. The summed E-state index contributed by atoms with van der Waals surface area (Å²) in [4.78, 5) is 10.3. The third-order valence-electron chi connectivity index (χ3n) is 4.97. The fourth-order valence-electron chi connectivity index (χ4n) is 3.63. The molecule has 1 saturated heterocycles. The van der Waals surface area contributed by atoms with Crippen LogP contribution in [0.1, 0.15) is 30.4 Å². The minimum atomic E-state index is 0.394. The Labute approximate surface area is 165 Å². The van der Waals surface area contributed by atoms with Crippen LogP contribution in [-0.4, -0.2) is 42.6 Å². The highest BCUT2D eigenvalue weighted by Gasteiger charge is 2.27. The van der Waals surface area contributed by atoms with Crippen LogP contribution in [0.4, 0.5) is 11.4 Å². The topological polar surface area (TPSA) is 69.0 Å². The summed E-state index contributed by atoms with van der Waals surface area (Å²) < 4.78 is 4.59. The lowest BCUT2D eigenvalue weighted by atomic mass is 9.95. The Kier molecular flexibility index (Phi) is 4.66. The van der Waals surface area contributed by atoms with Gasteiger partial charge in [0.2, 0.25) is 5.69 Å². The number of halogens is 1. The van der Waals surface area contributed by atoms with Gasteiger partial charge in [0.1, 0.15) is 24.3 Å². The molecule has 3 aromatic rings. The zero-order valence-corrected chi connectivity index (χ0v) is 16.8. The lowest BCUT2D eigenvalue weighted by Crippen LogP contribution is -2.34. The van der Waals surface area contributed by atoms with Crippen molar-refractivity contribution >= 4 is 27.3 Å². The normalized spacial score (nSPS) is 15.1. The summed E-state index contributed by atoms with van der Waals surface area (Å²) in [5.41, 5.74) is 2.26. The average Bonchev–Trinajstić information content (AvgIpc) is 3.30. The zero-order valence-electron chi connectivity index (χ0n) is 15.2. The molecule has 0 radical (unpaired) electrons. The molecule has 0 amide bonds. The maximum atomic E-state index is 7.77. The van der Waals surface area contributed by atoms with Crippen molar-refractivity contribution in [2.45, 2.75) is 25.7 Å². The molecule has 1 fully saturated rings. The Balaban J connectivity index is 1.64. The van der Waals surface area contributed by atoms with E-state index in [1.165, 1.54) is 0 Å². The smallest absolute Gasteiger partial charge is 0.236 e. The second kappa shape index (κ2) is 7.12. The van der Waals surface area contributed by atoms with E-state index in [9.17, 15) is 0 Å². The van der Waals surface area contributed by atoms with Crippen LogP contribution in [0, 0.1) is 13.5 Å². The summed E-state index contributed by atoms with van der Waals surface area (Å²) >= 11 is 3.64. The van der Waals surface area contributed by atoms with Gasteiger partial charge in [-0.3, -0.25) is 0 Å². The second-order valence-electron chi connectivity index (χ2n) is 6.67. The van der Waals surface area contributed by atoms with Crippen LogP contribution in [0.25, 0.3) is 10.5 Å². The van der Waals surface area contributed by atoms with E-state index in [-0.39, 0.29) is 0 Å². The van der Waals surface area contributed by atoms with Gasteiger partial charge in [-0.25, -0.2) is 14.5 Å². The van der Waals surface area contributed by atoms with E-state index in [1.54, 1.807) is 17.3 Å². The number of aromatic nitrogens is 6. The minimum Gasteiger partial charge on any atom is -0.379 e. The molecule has 8 nitrogen and oxygen atoms in total. The van der Waals surface area contributed by atoms with Crippen molar-refractivity contribution in [1.82, 2.24) is 29.5 Å². The van der Waals surface area contributed by atoms with Gasteiger partial charge in [0.05, 0.1) is 17.9 Å². The van der Waals surface area contributed by atoms with E-state index in [1.807, 2.05) is 30.7 Å². The Hall–Kier alpha value is -2.73. The Morgan fingerprint density at radius 2 is 2.00 bits per heavy atom. The van der Waals surface area contributed by atoms with Crippen molar-refractivity contribution < 1.29 is 0 Å². The zero-order chi connectivity index (χ0) is 19.0. The molecular weight excluding hydrogens is 408 g/mol. The second-order valence-corrected chi connectivity index (χ2v) is 7.53. The fraction of sp³-hybridized carbons (Fsp3) is 0.389. The molecule has 9 heteroatoms. The van der Waals surface area contributed by atoms with Gasteiger partial charge < -0.3 is 9.47 Å². The van der Waals surface area contributed by atoms with Gasteiger partial charge in [-0.1, -0.05) is 15.9 Å². The number of aryl methyl sites for hydroxylation is 2. The highest BCUT2D eigenvalue weighted by atomic mass is 79.9. The first-order chi connectivity index (χ1) is 13.1. The highest BCUT2D eigenvalue weighted by molar-refractivity contribution is 9.10. The fourth-order valence-corrected chi connectivity index (χ4v) is 4.20. The SMILES string of the molecule is [C-]#[N+]c1c(-n2cnc(C)n2)ccc(Br)c1N1CCC(c2nncn2C)CC1. The number of rotatable bonds is 3. The molecular formula is C18H19BrN8. The largest absolute Gasteiger partial charge is 0.379 e. The molecule has 1 aromatic carbocycles. The van der Waals surface area contributed by atoms with Gasteiger partial charge in [0, 0.05) is 30.5 Å². The van der Waals surface area contributed by atoms with Gasteiger partial charge in [0.15, 0.2) is 0 Å². The predicted octanol–water partition coefficient (Wildman–Crippen LogP) is 3.40. The Morgan fingerprint density at radius 1 is 1.22 bits per heavy atom. The lowest BCUT2D eigenvalue weighted by Gasteiger charge is -2.34. The maximum absolute atomic E-state index is 7.77. The molecule has 0 spiro atoms. The molecule has 2 aromatic heterocycles. The Bertz CT molecular complexity index is 1010.